The lowest BCUT2D eigenvalue weighted by Crippen LogP contribution is -3.00. The zero-order chi connectivity index (χ0) is 9.14. The van der Waals surface area contributed by atoms with Crippen molar-refractivity contribution in [3.05, 3.63) is 23.9 Å². The van der Waals surface area contributed by atoms with E-state index in [0.29, 0.717) is 5.56 Å². The highest BCUT2D eigenvalue weighted by atomic mass is 127. The van der Waals surface area contributed by atoms with E-state index in [2.05, 4.69) is 0 Å². The quantitative estimate of drug-likeness (QED) is 0.388. The van der Waals surface area contributed by atoms with Crippen molar-refractivity contribution in [3.63, 3.8) is 0 Å². The van der Waals surface area contributed by atoms with Crippen LogP contribution in [-0.4, -0.2) is 17.3 Å². The minimum Gasteiger partial charge on any atom is -1.00 e. The van der Waals surface area contributed by atoms with Crippen molar-refractivity contribution in [1.82, 2.24) is 0 Å². The van der Waals surface area contributed by atoms with Gasteiger partial charge in [-0.1, -0.05) is 11.8 Å². The number of nitrogens with zero attached hydrogens (tertiary/aromatic N) is 1. The van der Waals surface area contributed by atoms with Gasteiger partial charge in [0.05, 0.1) is 0 Å². The van der Waals surface area contributed by atoms with Gasteiger partial charge < -0.3 is 29.1 Å². The number of rotatable bonds is 2. The molecule has 13 heavy (non-hydrogen) atoms. The molecule has 72 valence electrons. The van der Waals surface area contributed by atoms with E-state index in [9.17, 15) is 4.79 Å². The number of aryl methyl sites for hydroxylation is 1. The molecule has 0 amide bonds. The molecule has 1 heterocycles. The Hall–Kier alpha value is -0.300. The van der Waals surface area contributed by atoms with Gasteiger partial charge in [0.25, 0.3) is 0 Å². The second kappa shape index (κ2) is 5.43. The maximum absolute atomic E-state index is 10.5. The molecule has 1 N–H and O–H groups in total. The van der Waals surface area contributed by atoms with Crippen LogP contribution in [0.5, 0.6) is 0 Å². The van der Waals surface area contributed by atoms with Crippen molar-refractivity contribution in [2.24, 2.45) is 7.05 Å². The SMILES string of the molecule is CSc1ccc(C(=O)O)c[n+]1C.[I-]. The zero-order valence-electron chi connectivity index (χ0n) is 7.32. The summed E-state index contributed by atoms with van der Waals surface area (Å²) in [5.74, 6) is -0.891. The van der Waals surface area contributed by atoms with E-state index < -0.39 is 5.97 Å². The van der Waals surface area contributed by atoms with E-state index >= 15 is 0 Å². The summed E-state index contributed by atoms with van der Waals surface area (Å²) < 4.78 is 1.80. The Morgan fingerprint density at radius 3 is 2.54 bits per heavy atom. The number of hydrogen-bond acceptors (Lipinski definition) is 2. The molecule has 0 aromatic carbocycles. The summed E-state index contributed by atoms with van der Waals surface area (Å²) in [6, 6.07) is 3.41. The lowest BCUT2D eigenvalue weighted by Gasteiger charge is -1.96. The van der Waals surface area contributed by atoms with Crippen LogP contribution in [0.1, 0.15) is 10.4 Å². The summed E-state index contributed by atoms with van der Waals surface area (Å²) >= 11 is 1.59. The predicted octanol–water partition coefficient (Wildman–Crippen LogP) is -2.06. The van der Waals surface area contributed by atoms with Crippen LogP contribution in [0.15, 0.2) is 23.4 Å². The van der Waals surface area contributed by atoms with Crippen molar-refractivity contribution in [1.29, 1.82) is 0 Å². The Bertz CT molecular complexity index is 317. The topological polar surface area (TPSA) is 41.2 Å². The van der Waals surface area contributed by atoms with E-state index in [-0.39, 0.29) is 24.0 Å². The third-order valence-corrected chi connectivity index (χ3v) is 2.38. The van der Waals surface area contributed by atoms with Gasteiger partial charge in [-0.25, -0.2) is 4.79 Å². The summed E-state index contributed by atoms with van der Waals surface area (Å²) in [6.45, 7) is 0. The Morgan fingerprint density at radius 2 is 2.15 bits per heavy atom. The monoisotopic (exact) mass is 311 g/mol. The van der Waals surface area contributed by atoms with Gasteiger partial charge in [-0.15, -0.1) is 0 Å². The summed E-state index contributed by atoms with van der Waals surface area (Å²) in [7, 11) is 1.83. The van der Waals surface area contributed by atoms with Crippen LogP contribution in [0.4, 0.5) is 0 Å². The molecule has 0 aliphatic heterocycles. The molecule has 5 heteroatoms. The highest BCUT2D eigenvalue weighted by Crippen LogP contribution is 2.08. The lowest BCUT2D eigenvalue weighted by molar-refractivity contribution is -0.708. The Morgan fingerprint density at radius 1 is 1.54 bits per heavy atom. The summed E-state index contributed by atoms with van der Waals surface area (Å²) in [5.41, 5.74) is 0.315. The fourth-order valence-corrected chi connectivity index (χ4v) is 1.48. The van der Waals surface area contributed by atoms with Gasteiger partial charge in [-0.05, 0) is 12.3 Å². The fourth-order valence-electron chi connectivity index (χ4n) is 0.932. The number of halogens is 1. The first-order valence-electron chi connectivity index (χ1n) is 3.42. The zero-order valence-corrected chi connectivity index (χ0v) is 10.3. The third-order valence-electron chi connectivity index (χ3n) is 1.54. The number of aromatic carboxylic acids is 1. The molecule has 0 atom stereocenters. The molecule has 1 rings (SSSR count). The van der Waals surface area contributed by atoms with E-state index in [1.54, 1.807) is 34.7 Å². The molecule has 0 saturated heterocycles. The number of aromatic nitrogens is 1. The molecular weight excluding hydrogens is 301 g/mol. The van der Waals surface area contributed by atoms with Gasteiger partial charge >= 0.3 is 5.97 Å². The number of carboxylic acids is 1. The smallest absolute Gasteiger partial charge is 0.341 e. The van der Waals surface area contributed by atoms with Gasteiger partial charge in [-0.3, -0.25) is 0 Å². The van der Waals surface area contributed by atoms with Gasteiger partial charge in [0.15, 0.2) is 6.20 Å². The lowest BCUT2D eigenvalue weighted by atomic mass is 10.3. The molecule has 1 aromatic rings. The maximum atomic E-state index is 10.5. The number of carbonyl (C=O) groups is 1. The van der Waals surface area contributed by atoms with Crippen LogP contribution in [-0.2, 0) is 7.05 Å². The standard InChI is InChI=1S/C8H9NO2S.HI/c1-9-5-6(8(10)11)3-4-7(9)12-2;/h3-5H,1-2H3;1H. The summed E-state index contributed by atoms with van der Waals surface area (Å²) in [4.78, 5) is 10.5. The van der Waals surface area contributed by atoms with E-state index in [1.807, 2.05) is 13.3 Å². The Balaban J connectivity index is 0.00000144. The van der Waals surface area contributed by atoms with Crippen LogP contribution >= 0.6 is 11.8 Å². The molecule has 0 saturated carbocycles. The first-order valence-corrected chi connectivity index (χ1v) is 4.64. The first-order chi connectivity index (χ1) is 5.65. The molecule has 0 unspecified atom stereocenters. The number of carboxylic acid groups (broad SMARTS) is 1. The predicted molar refractivity (Wildman–Crippen MR) is 46.4 cm³/mol. The normalized spacial score (nSPS) is 9.08. The van der Waals surface area contributed by atoms with Gasteiger partial charge in [-0.2, -0.15) is 4.57 Å². The van der Waals surface area contributed by atoms with Gasteiger partial charge in [0.2, 0.25) is 5.03 Å². The average Bonchev–Trinajstić information content (AvgIpc) is 2.04. The number of thioether (sulfide) groups is 1. The van der Waals surface area contributed by atoms with Crippen molar-refractivity contribution in [2.45, 2.75) is 5.03 Å². The van der Waals surface area contributed by atoms with Crippen LogP contribution in [0.25, 0.3) is 0 Å². The molecule has 0 spiro atoms. The van der Waals surface area contributed by atoms with E-state index in [4.69, 9.17) is 5.11 Å². The second-order valence-electron chi connectivity index (χ2n) is 2.38. The summed E-state index contributed by atoms with van der Waals surface area (Å²) in [5, 5.41) is 9.69. The van der Waals surface area contributed by atoms with Crippen LogP contribution in [0.2, 0.25) is 0 Å². The van der Waals surface area contributed by atoms with E-state index in [0.717, 1.165) is 5.03 Å². The minimum atomic E-state index is -0.891. The first kappa shape index (κ1) is 12.7. The molecule has 3 nitrogen and oxygen atoms in total. The number of hydrogen-bond donors (Lipinski definition) is 1. The molecule has 0 aliphatic carbocycles. The second-order valence-corrected chi connectivity index (χ2v) is 3.20. The average molecular weight is 311 g/mol. The van der Waals surface area contributed by atoms with Crippen molar-refractivity contribution < 1.29 is 38.4 Å². The highest BCUT2D eigenvalue weighted by molar-refractivity contribution is 7.98. The third kappa shape index (κ3) is 3.15. The van der Waals surface area contributed by atoms with Crippen LogP contribution in [0.3, 0.4) is 0 Å². The maximum Gasteiger partial charge on any atom is 0.341 e. The largest absolute Gasteiger partial charge is 1.00 e. The molecular formula is C8H10INO2S. The van der Waals surface area contributed by atoms with Crippen molar-refractivity contribution in [3.8, 4) is 0 Å². The van der Waals surface area contributed by atoms with Crippen LogP contribution in [0, 0.1) is 0 Å². The fraction of sp³-hybridized carbons (Fsp3) is 0.250. The molecule has 0 radical (unpaired) electrons. The summed E-state index contributed by atoms with van der Waals surface area (Å²) in [6.07, 6.45) is 3.56. The Labute approximate surface area is 98.2 Å². The van der Waals surface area contributed by atoms with Crippen LogP contribution < -0.4 is 28.5 Å². The molecule has 1 aromatic heterocycles. The minimum absolute atomic E-state index is 0. The Kier molecular flexibility index (Phi) is 5.31. The molecule has 0 bridgehead atoms. The highest BCUT2D eigenvalue weighted by Gasteiger charge is 2.10. The number of pyridine rings is 1. The van der Waals surface area contributed by atoms with Gasteiger partial charge in [0, 0.05) is 6.07 Å². The van der Waals surface area contributed by atoms with E-state index in [1.165, 1.54) is 0 Å². The van der Waals surface area contributed by atoms with Crippen molar-refractivity contribution in [2.75, 3.05) is 6.26 Å². The molecule has 0 aliphatic rings. The van der Waals surface area contributed by atoms with Gasteiger partial charge in [0.1, 0.15) is 12.6 Å². The molecule has 0 fully saturated rings. The van der Waals surface area contributed by atoms with Crippen molar-refractivity contribution >= 4 is 17.7 Å².